The fraction of sp³-hybridized carbons (Fsp3) is 0.263. The summed E-state index contributed by atoms with van der Waals surface area (Å²) >= 11 is 1.30. The number of hydrogen-bond donors (Lipinski definition) is 0. The molecule has 1 aliphatic heterocycles. The summed E-state index contributed by atoms with van der Waals surface area (Å²) in [5.41, 5.74) is 1.01. The summed E-state index contributed by atoms with van der Waals surface area (Å²) in [5.74, 6) is -2.21. The quantitative estimate of drug-likeness (QED) is 0.562. The molecule has 0 unspecified atom stereocenters. The highest BCUT2D eigenvalue weighted by Gasteiger charge is 2.43. The normalized spacial score (nSPS) is 14.9. The van der Waals surface area contributed by atoms with Crippen molar-refractivity contribution in [2.24, 2.45) is 0 Å². The van der Waals surface area contributed by atoms with Gasteiger partial charge in [0.15, 0.2) is 6.29 Å². The molecule has 0 aliphatic carbocycles. The minimum Gasteiger partial charge on any atom is -0.367 e. The molecule has 4 nitrogen and oxygen atoms in total. The molecule has 0 saturated carbocycles. The van der Waals surface area contributed by atoms with Gasteiger partial charge in [-0.05, 0) is 36.4 Å². The molecule has 1 heterocycles. The zero-order valence-electron chi connectivity index (χ0n) is 14.6. The Morgan fingerprint density at radius 1 is 1.00 bits per heavy atom. The second kappa shape index (κ2) is 8.22. The lowest BCUT2D eigenvalue weighted by Crippen LogP contribution is -2.52. The van der Waals surface area contributed by atoms with Crippen LogP contribution < -0.4 is 4.90 Å². The number of piperazine rings is 1. The molecule has 1 aliphatic rings. The van der Waals surface area contributed by atoms with E-state index in [4.69, 9.17) is 0 Å². The molecule has 0 aromatic heterocycles. The Bertz CT molecular complexity index is 863. The van der Waals surface area contributed by atoms with Gasteiger partial charge in [0.2, 0.25) is 0 Å². The maximum atomic E-state index is 13.1. The maximum absolute atomic E-state index is 13.1. The smallest absolute Gasteiger partial charge is 0.367 e. The molecule has 1 saturated heterocycles. The molecule has 1 amide bonds. The number of benzene rings is 2. The predicted octanol–water partition coefficient (Wildman–Crippen LogP) is 4.00. The van der Waals surface area contributed by atoms with Gasteiger partial charge in [-0.3, -0.25) is 9.59 Å². The summed E-state index contributed by atoms with van der Waals surface area (Å²) in [6.07, 6.45) is -4.18. The molecule has 148 valence electrons. The van der Waals surface area contributed by atoms with Crippen molar-refractivity contribution in [2.75, 3.05) is 31.1 Å². The van der Waals surface area contributed by atoms with Gasteiger partial charge in [-0.15, -0.1) is 0 Å². The first-order valence-corrected chi connectivity index (χ1v) is 9.24. The Balaban J connectivity index is 1.77. The van der Waals surface area contributed by atoms with Crippen molar-refractivity contribution in [1.29, 1.82) is 0 Å². The molecule has 0 spiro atoms. The van der Waals surface area contributed by atoms with Gasteiger partial charge in [-0.1, -0.05) is 17.8 Å². The first kappa shape index (κ1) is 20.2. The summed E-state index contributed by atoms with van der Waals surface area (Å²) < 4.78 is 50.8. The van der Waals surface area contributed by atoms with E-state index < -0.39 is 12.1 Å². The van der Waals surface area contributed by atoms with Crippen molar-refractivity contribution in [3.63, 3.8) is 0 Å². The second-order valence-corrected chi connectivity index (χ2v) is 7.26. The largest absolute Gasteiger partial charge is 0.471 e. The third-order valence-corrected chi connectivity index (χ3v) is 5.44. The van der Waals surface area contributed by atoms with Crippen molar-refractivity contribution in [3.05, 3.63) is 53.8 Å². The van der Waals surface area contributed by atoms with Gasteiger partial charge in [0, 0.05) is 41.7 Å². The van der Waals surface area contributed by atoms with Crippen molar-refractivity contribution in [1.82, 2.24) is 4.90 Å². The van der Waals surface area contributed by atoms with Crippen LogP contribution in [0.15, 0.2) is 52.3 Å². The molecular formula is C19H16F4N2O2S. The van der Waals surface area contributed by atoms with Crippen LogP contribution in [-0.4, -0.2) is 49.4 Å². The summed E-state index contributed by atoms with van der Waals surface area (Å²) in [4.78, 5) is 27.1. The molecule has 28 heavy (non-hydrogen) atoms. The Hall–Kier alpha value is -2.55. The van der Waals surface area contributed by atoms with Crippen LogP contribution in [0.5, 0.6) is 0 Å². The fourth-order valence-corrected chi connectivity index (χ4v) is 3.91. The SMILES string of the molecule is O=Cc1c(Sc2ccc(F)cc2)cccc1N1CCN(C(=O)C(F)(F)F)CC1. The van der Waals surface area contributed by atoms with E-state index in [1.165, 1.54) is 23.9 Å². The maximum Gasteiger partial charge on any atom is 0.471 e. The Morgan fingerprint density at radius 2 is 1.64 bits per heavy atom. The number of aldehydes is 1. The Kier molecular flexibility index (Phi) is 5.93. The van der Waals surface area contributed by atoms with Crippen molar-refractivity contribution in [2.45, 2.75) is 16.0 Å². The van der Waals surface area contributed by atoms with E-state index in [9.17, 15) is 27.2 Å². The molecule has 0 radical (unpaired) electrons. The van der Waals surface area contributed by atoms with E-state index in [2.05, 4.69) is 0 Å². The summed E-state index contributed by atoms with van der Waals surface area (Å²) in [6.45, 7) is 0.221. The van der Waals surface area contributed by atoms with Crippen LogP contribution in [0, 0.1) is 5.82 Å². The minimum atomic E-state index is -4.89. The van der Waals surface area contributed by atoms with Crippen LogP contribution in [0.3, 0.4) is 0 Å². The Morgan fingerprint density at radius 3 is 2.21 bits per heavy atom. The van der Waals surface area contributed by atoms with Gasteiger partial charge < -0.3 is 9.80 Å². The molecule has 0 atom stereocenters. The number of carbonyl (C=O) groups is 2. The van der Waals surface area contributed by atoms with E-state index in [0.717, 1.165) is 9.80 Å². The van der Waals surface area contributed by atoms with Crippen LogP contribution in [0.2, 0.25) is 0 Å². The minimum absolute atomic E-state index is 0.0774. The molecule has 2 aromatic rings. The van der Waals surface area contributed by atoms with E-state index in [1.807, 2.05) is 0 Å². The molecule has 1 fully saturated rings. The first-order chi connectivity index (χ1) is 13.3. The lowest BCUT2D eigenvalue weighted by molar-refractivity contribution is -0.185. The second-order valence-electron chi connectivity index (χ2n) is 6.14. The van der Waals surface area contributed by atoms with Crippen molar-refractivity contribution in [3.8, 4) is 0 Å². The summed E-state index contributed by atoms with van der Waals surface area (Å²) in [6, 6.07) is 11.1. The molecule has 0 bridgehead atoms. The fourth-order valence-electron chi connectivity index (χ4n) is 2.97. The first-order valence-electron chi connectivity index (χ1n) is 8.42. The van der Waals surface area contributed by atoms with Crippen LogP contribution in [0.4, 0.5) is 23.2 Å². The average Bonchev–Trinajstić information content (AvgIpc) is 2.68. The molecule has 3 rings (SSSR count). The van der Waals surface area contributed by atoms with Crippen molar-refractivity contribution >= 4 is 29.6 Å². The zero-order valence-corrected chi connectivity index (χ0v) is 15.4. The summed E-state index contributed by atoms with van der Waals surface area (Å²) in [7, 11) is 0. The number of carbonyl (C=O) groups excluding carboxylic acids is 2. The molecule has 2 aromatic carbocycles. The van der Waals surface area contributed by atoms with E-state index in [-0.39, 0.29) is 32.0 Å². The third-order valence-electron chi connectivity index (χ3n) is 4.35. The lowest BCUT2D eigenvalue weighted by atomic mass is 10.1. The number of nitrogens with zero attached hydrogens (tertiary/aromatic N) is 2. The van der Waals surface area contributed by atoms with Gasteiger partial charge in [-0.25, -0.2) is 4.39 Å². The number of anilines is 1. The standard InChI is InChI=1S/C19H16F4N2O2S/c20-13-4-6-14(7-5-13)28-17-3-1-2-16(15(17)12-26)24-8-10-25(11-9-24)18(27)19(21,22)23/h1-7,12H,8-11H2. The van der Waals surface area contributed by atoms with Crippen LogP contribution >= 0.6 is 11.8 Å². The number of alkyl halides is 3. The molecule has 0 N–H and O–H groups in total. The molecular weight excluding hydrogens is 396 g/mol. The number of halogens is 4. The van der Waals surface area contributed by atoms with Crippen LogP contribution in [0.1, 0.15) is 10.4 Å². The lowest BCUT2D eigenvalue weighted by Gasteiger charge is -2.37. The van der Waals surface area contributed by atoms with Crippen LogP contribution in [-0.2, 0) is 4.79 Å². The third kappa shape index (κ3) is 4.46. The Labute approximate surface area is 163 Å². The monoisotopic (exact) mass is 412 g/mol. The van der Waals surface area contributed by atoms with E-state index >= 15 is 0 Å². The van der Waals surface area contributed by atoms with Gasteiger partial charge in [0.25, 0.3) is 0 Å². The number of hydrogen-bond acceptors (Lipinski definition) is 4. The van der Waals surface area contributed by atoms with Crippen LogP contribution in [0.25, 0.3) is 0 Å². The van der Waals surface area contributed by atoms with Gasteiger partial charge >= 0.3 is 12.1 Å². The highest BCUT2D eigenvalue weighted by atomic mass is 32.2. The highest BCUT2D eigenvalue weighted by molar-refractivity contribution is 7.99. The topological polar surface area (TPSA) is 40.6 Å². The summed E-state index contributed by atoms with van der Waals surface area (Å²) in [5, 5.41) is 0. The van der Waals surface area contributed by atoms with Gasteiger partial charge in [-0.2, -0.15) is 13.2 Å². The molecule has 9 heteroatoms. The van der Waals surface area contributed by atoms with E-state index in [0.29, 0.717) is 22.4 Å². The highest BCUT2D eigenvalue weighted by Crippen LogP contribution is 2.35. The number of amides is 1. The predicted molar refractivity (Wildman–Crippen MR) is 97.2 cm³/mol. The number of rotatable bonds is 4. The zero-order chi connectivity index (χ0) is 20.3. The van der Waals surface area contributed by atoms with Gasteiger partial charge in [0.05, 0.1) is 5.56 Å². The van der Waals surface area contributed by atoms with Crippen molar-refractivity contribution < 1.29 is 27.2 Å². The van der Waals surface area contributed by atoms with E-state index in [1.54, 1.807) is 35.2 Å². The average molecular weight is 412 g/mol. The van der Waals surface area contributed by atoms with Gasteiger partial charge in [0.1, 0.15) is 5.82 Å².